The van der Waals surface area contributed by atoms with Crippen molar-refractivity contribution >= 4 is 22.6 Å². The predicted molar refractivity (Wildman–Crippen MR) is 121 cm³/mol. The largest absolute Gasteiger partial charge is 0.327 e. The zero-order valence-electron chi connectivity index (χ0n) is 17.2. The Morgan fingerprint density at radius 3 is 2.60 bits per heavy atom. The van der Waals surface area contributed by atoms with Gasteiger partial charge in [-0.15, -0.1) is 0 Å². The standard InChI is InChI=1S/C26H25N3O/c1-19-8-7-11-22(16-19)29-18-21(17-25(29)30)26-27-23-12-5-6-13-24(23)28(26)15-14-20-9-3-2-4-10-20/h2-13,16,21H,14-15,17-18H2,1H3/t21-/m0/s1. The van der Waals surface area contributed by atoms with Crippen LogP contribution in [0.4, 0.5) is 5.69 Å². The van der Waals surface area contributed by atoms with Gasteiger partial charge in [0.05, 0.1) is 11.0 Å². The lowest BCUT2D eigenvalue weighted by atomic mass is 10.1. The Morgan fingerprint density at radius 1 is 0.967 bits per heavy atom. The second-order valence-electron chi connectivity index (χ2n) is 8.09. The molecule has 0 radical (unpaired) electrons. The van der Waals surface area contributed by atoms with Gasteiger partial charge in [0.25, 0.3) is 0 Å². The maximum Gasteiger partial charge on any atom is 0.227 e. The summed E-state index contributed by atoms with van der Waals surface area (Å²) >= 11 is 0. The second kappa shape index (κ2) is 7.79. The van der Waals surface area contributed by atoms with E-state index in [1.165, 1.54) is 11.1 Å². The van der Waals surface area contributed by atoms with Crippen molar-refractivity contribution < 1.29 is 4.79 Å². The molecule has 5 rings (SSSR count). The van der Waals surface area contributed by atoms with Gasteiger partial charge in [-0.1, -0.05) is 54.6 Å². The molecule has 150 valence electrons. The quantitative estimate of drug-likeness (QED) is 0.471. The van der Waals surface area contributed by atoms with Crippen LogP contribution >= 0.6 is 0 Å². The molecule has 2 heterocycles. The molecule has 0 aliphatic carbocycles. The molecule has 0 spiro atoms. The van der Waals surface area contributed by atoms with Gasteiger partial charge in [0, 0.05) is 31.1 Å². The van der Waals surface area contributed by atoms with E-state index in [4.69, 9.17) is 4.98 Å². The van der Waals surface area contributed by atoms with Crippen LogP contribution in [0.3, 0.4) is 0 Å². The second-order valence-corrected chi connectivity index (χ2v) is 8.09. The molecular weight excluding hydrogens is 370 g/mol. The fraction of sp³-hybridized carbons (Fsp3) is 0.231. The molecule has 0 unspecified atom stereocenters. The fourth-order valence-electron chi connectivity index (χ4n) is 4.45. The minimum absolute atomic E-state index is 0.0983. The molecule has 1 amide bonds. The van der Waals surface area contributed by atoms with E-state index in [9.17, 15) is 4.79 Å². The summed E-state index contributed by atoms with van der Waals surface area (Å²) in [5, 5.41) is 0. The first-order valence-corrected chi connectivity index (χ1v) is 10.5. The van der Waals surface area contributed by atoms with E-state index < -0.39 is 0 Å². The number of anilines is 1. The summed E-state index contributed by atoms with van der Waals surface area (Å²) in [7, 11) is 0. The van der Waals surface area contributed by atoms with E-state index in [1.807, 2.05) is 29.2 Å². The number of fused-ring (bicyclic) bond motifs is 1. The molecule has 1 atom stereocenters. The Morgan fingerprint density at radius 2 is 1.77 bits per heavy atom. The van der Waals surface area contributed by atoms with Crippen molar-refractivity contribution in [3.8, 4) is 0 Å². The van der Waals surface area contributed by atoms with Crippen molar-refractivity contribution in [2.75, 3.05) is 11.4 Å². The predicted octanol–water partition coefficient (Wildman–Crippen LogP) is 5.11. The van der Waals surface area contributed by atoms with Gasteiger partial charge in [-0.05, 0) is 48.7 Å². The maximum atomic E-state index is 12.9. The number of carbonyl (C=O) groups excluding carboxylic acids is 1. The minimum atomic E-state index is 0.0983. The third-order valence-corrected chi connectivity index (χ3v) is 5.95. The lowest BCUT2D eigenvalue weighted by molar-refractivity contribution is -0.117. The van der Waals surface area contributed by atoms with Gasteiger partial charge in [-0.2, -0.15) is 0 Å². The lowest BCUT2D eigenvalue weighted by Crippen LogP contribution is -2.24. The smallest absolute Gasteiger partial charge is 0.227 e. The Kier molecular flexibility index (Phi) is 4.83. The number of carbonyl (C=O) groups is 1. The van der Waals surface area contributed by atoms with Crippen LogP contribution in [0.5, 0.6) is 0 Å². The van der Waals surface area contributed by atoms with Crippen LogP contribution in [0.1, 0.15) is 29.3 Å². The Bertz CT molecular complexity index is 1200. The molecule has 1 fully saturated rings. The number of aromatic nitrogens is 2. The van der Waals surface area contributed by atoms with Crippen LogP contribution in [-0.4, -0.2) is 22.0 Å². The molecule has 1 aliphatic heterocycles. The monoisotopic (exact) mass is 395 g/mol. The van der Waals surface area contributed by atoms with Crippen LogP contribution in [0, 0.1) is 6.92 Å². The Labute approximate surface area is 176 Å². The fourth-order valence-corrected chi connectivity index (χ4v) is 4.45. The highest BCUT2D eigenvalue weighted by atomic mass is 16.2. The van der Waals surface area contributed by atoms with Crippen molar-refractivity contribution in [3.63, 3.8) is 0 Å². The molecule has 30 heavy (non-hydrogen) atoms. The maximum absolute atomic E-state index is 12.9. The minimum Gasteiger partial charge on any atom is -0.327 e. The average molecular weight is 396 g/mol. The number of nitrogens with zero attached hydrogens (tertiary/aromatic N) is 3. The van der Waals surface area contributed by atoms with Crippen molar-refractivity contribution in [2.45, 2.75) is 32.2 Å². The Hall–Kier alpha value is -3.40. The first kappa shape index (κ1) is 18.6. The summed E-state index contributed by atoms with van der Waals surface area (Å²) in [4.78, 5) is 19.8. The summed E-state index contributed by atoms with van der Waals surface area (Å²) < 4.78 is 2.32. The van der Waals surface area contributed by atoms with E-state index in [1.54, 1.807) is 0 Å². The van der Waals surface area contributed by atoms with E-state index >= 15 is 0 Å². The molecule has 4 nitrogen and oxygen atoms in total. The first-order valence-electron chi connectivity index (χ1n) is 10.5. The summed E-state index contributed by atoms with van der Waals surface area (Å²) in [5.41, 5.74) is 5.60. The molecular formula is C26H25N3O. The Balaban J connectivity index is 1.47. The van der Waals surface area contributed by atoms with Crippen molar-refractivity contribution in [1.82, 2.24) is 9.55 Å². The summed E-state index contributed by atoms with van der Waals surface area (Å²) in [6.45, 7) is 3.59. The van der Waals surface area contributed by atoms with Crippen LogP contribution in [0.2, 0.25) is 0 Å². The zero-order chi connectivity index (χ0) is 20.5. The van der Waals surface area contributed by atoms with Crippen molar-refractivity contribution in [2.24, 2.45) is 0 Å². The number of hydrogen-bond acceptors (Lipinski definition) is 2. The number of imidazole rings is 1. The normalized spacial score (nSPS) is 16.5. The number of rotatable bonds is 5. The number of amides is 1. The first-order chi connectivity index (χ1) is 14.7. The van der Waals surface area contributed by atoms with E-state index in [0.29, 0.717) is 13.0 Å². The van der Waals surface area contributed by atoms with E-state index in [0.717, 1.165) is 35.5 Å². The van der Waals surface area contributed by atoms with Gasteiger partial charge < -0.3 is 9.47 Å². The molecule has 0 N–H and O–H groups in total. The third kappa shape index (κ3) is 3.50. The van der Waals surface area contributed by atoms with E-state index in [-0.39, 0.29) is 11.8 Å². The summed E-state index contributed by atoms with van der Waals surface area (Å²) in [6, 6.07) is 27.0. The highest BCUT2D eigenvalue weighted by molar-refractivity contribution is 5.96. The van der Waals surface area contributed by atoms with E-state index in [2.05, 4.69) is 66.1 Å². The van der Waals surface area contributed by atoms with Gasteiger partial charge in [-0.3, -0.25) is 4.79 Å². The lowest BCUT2D eigenvalue weighted by Gasteiger charge is -2.18. The highest BCUT2D eigenvalue weighted by Crippen LogP contribution is 2.33. The molecule has 4 heteroatoms. The SMILES string of the molecule is Cc1cccc(N2C[C@@H](c3nc4ccccc4n3CCc3ccccc3)CC2=O)c1. The topological polar surface area (TPSA) is 38.1 Å². The van der Waals surface area contributed by atoms with Gasteiger partial charge in [0.2, 0.25) is 5.91 Å². The van der Waals surface area contributed by atoms with Crippen molar-refractivity contribution in [3.05, 3.63) is 95.8 Å². The summed E-state index contributed by atoms with van der Waals surface area (Å²) in [6.07, 6.45) is 1.44. The molecule has 1 saturated heterocycles. The van der Waals surface area contributed by atoms with Crippen LogP contribution < -0.4 is 4.90 Å². The summed E-state index contributed by atoms with van der Waals surface area (Å²) in [5.74, 6) is 1.30. The molecule has 4 aromatic rings. The van der Waals surface area contributed by atoms with Gasteiger partial charge >= 0.3 is 0 Å². The van der Waals surface area contributed by atoms with Crippen LogP contribution in [-0.2, 0) is 17.8 Å². The number of para-hydroxylation sites is 2. The highest BCUT2D eigenvalue weighted by Gasteiger charge is 2.34. The molecule has 1 aliphatic rings. The molecule has 0 saturated carbocycles. The number of hydrogen-bond donors (Lipinski definition) is 0. The van der Waals surface area contributed by atoms with Crippen LogP contribution in [0.15, 0.2) is 78.9 Å². The number of benzene rings is 3. The van der Waals surface area contributed by atoms with Crippen molar-refractivity contribution in [1.29, 1.82) is 0 Å². The van der Waals surface area contributed by atoms with Gasteiger partial charge in [-0.25, -0.2) is 4.98 Å². The number of aryl methyl sites for hydroxylation is 3. The van der Waals surface area contributed by atoms with Crippen LogP contribution in [0.25, 0.3) is 11.0 Å². The average Bonchev–Trinajstić information content (AvgIpc) is 3.33. The van der Waals surface area contributed by atoms with Gasteiger partial charge in [0.1, 0.15) is 5.82 Å². The third-order valence-electron chi connectivity index (χ3n) is 5.95. The van der Waals surface area contributed by atoms with Gasteiger partial charge in [0.15, 0.2) is 0 Å². The molecule has 3 aromatic carbocycles. The molecule has 1 aromatic heterocycles. The molecule has 0 bridgehead atoms. The zero-order valence-corrected chi connectivity index (χ0v) is 17.2.